The number of rotatable bonds is 14. The molecule has 0 heterocycles. The molecule has 0 bridgehead atoms. The van der Waals surface area contributed by atoms with Crippen LogP contribution in [-0.2, 0) is 14.3 Å². The highest BCUT2D eigenvalue weighted by Gasteiger charge is 1.99. The van der Waals surface area contributed by atoms with Crippen LogP contribution in [0.4, 0.5) is 0 Å². The predicted molar refractivity (Wildman–Crippen MR) is 95.3 cm³/mol. The maximum absolute atomic E-state index is 11.0. The molecular weight excluding hydrogens is 292 g/mol. The highest BCUT2D eigenvalue weighted by Crippen LogP contribution is 2.10. The van der Waals surface area contributed by atoms with Gasteiger partial charge in [0, 0.05) is 12.8 Å². The minimum absolute atomic E-state index is 0.155. The molecule has 0 aromatic carbocycles. The number of esters is 1. The van der Waals surface area contributed by atoms with Gasteiger partial charge in [-0.2, -0.15) is 0 Å². The first-order valence-corrected chi connectivity index (χ1v) is 9.10. The zero-order chi connectivity index (χ0) is 17.8. The van der Waals surface area contributed by atoms with Crippen LogP contribution < -0.4 is 0 Å². The standard InChI is InChI=1S/C14H26O2.C5H10O2/c1-3-5-6-7-8-9-10-11-12-13-14(15)16-4-2;1-2-3-4-5(6)7/h4H,2-3,5-13H2,1H3;2-4H2,1H3,(H,6,7). The van der Waals surface area contributed by atoms with Gasteiger partial charge in [-0.1, -0.05) is 78.2 Å². The summed E-state index contributed by atoms with van der Waals surface area (Å²) in [5.41, 5.74) is 0. The summed E-state index contributed by atoms with van der Waals surface area (Å²) in [4.78, 5) is 20.7. The Morgan fingerprint density at radius 3 is 1.70 bits per heavy atom. The number of hydrogen-bond acceptors (Lipinski definition) is 3. The summed E-state index contributed by atoms with van der Waals surface area (Å²) in [5.74, 6) is -0.847. The van der Waals surface area contributed by atoms with Gasteiger partial charge in [0.05, 0.1) is 6.26 Å². The van der Waals surface area contributed by atoms with Crippen molar-refractivity contribution < 1.29 is 19.4 Å². The Morgan fingerprint density at radius 1 is 0.826 bits per heavy atom. The second-order valence-corrected chi connectivity index (χ2v) is 5.73. The number of carboxylic acids is 1. The van der Waals surface area contributed by atoms with Crippen LogP contribution in [0.15, 0.2) is 12.8 Å². The molecule has 23 heavy (non-hydrogen) atoms. The Hall–Kier alpha value is -1.32. The van der Waals surface area contributed by atoms with Crippen molar-refractivity contribution in [2.75, 3.05) is 0 Å². The second kappa shape index (κ2) is 20.7. The number of unbranched alkanes of at least 4 members (excludes halogenated alkanes) is 9. The smallest absolute Gasteiger partial charge is 0.310 e. The number of carbonyl (C=O) groups is 2. The number of carboxylic acid groups (broad SMARTS) is 1. The van der Waals surface area contributed by atoms with Crippen LogP contribution in [0, 0.1) is 0 Å². The largest absolute Gasteiger partial charge is 0.481 e. The van der Waals surface area contributed by atoms with Crippen molar-refractivity contribution in [3.63, 3.8) is 0 Å². The number of aliphatic carboxylic acids is 1. The summed E-state index contributed by atoms with van der Waals surface area (Å²) < 4.78 is 4.64. The van der Waals surface area contributed by atoms with Crippen molar-refractivity contribution >= 4 is 11.9 Å². The summed E-state index contributed by atoms with van der Waals surface area (Å²) >= 11 is 0. The van der Waals surface area contributed by atoms with E-state index in [1.165, 1.54) is 51.2 Å². The molecule has 4 nitrogen and oxygen atoms in total. The number of hydrogen-bond donors (Lipinski definition) is 1. The maximum atomic E-state index is 11.0. The summed E-state index contributed by atoms with van der Waals surface area (Å²) in [6.07, 6.45) is 15.2. The average molecular weight is 328 g/mol. The summed E-state index contributed by atoms with van der Waals surface area (Å²) in [6.45, 7) is 7.56. The lowest BCUT2D eigenvalue weighted by atomic mass is 10.1. The molecule has 0 saturated heterocycles. The fourth-order valence-electron chi connectivity index (χ4n) is 2.06. The molecule has 0 rings (SSSR count). The number of ether oxygens (including phenoxy) is 1. The van der Waals surface area contributed by atoms with Crippen molar-refractivity contribution in [2.45, 2.75) is 97.3 Å². The van der Waals surface area contributed by atoms with Gasteiger partial charge in [-0.15, -0.1) is 0 Å². The zero-order valence-corrected chi connectivity index (χ0v) is 15.1. The van der Waals surface area contributed by atoms with Gasteiger partial charge in [0.2, 0.25) is 0 Å². The van der Waals surface area contributed by atoms with Crippen molar-refractivity contribution in [3.8, 4) is 0 Å². The van der Waals surface area contributed by atoms with E-state index in [1.807, 2.05) is 6.92 Å². The van der Waals surface area contributed by atoms with Crippen LogP contribution in [0.5, 0.6) is 0 Å². The Labute approximate surface area is 142 Å². The third-order valence-electron chi connectivity index (χ3n) is 3.44. The fraction of sp³-hybridized carbons (Fsp3) is 0.789. The molecule has 0 radical (unpaired) electrons. The molecule has 0 spiro atoms. The fourth-order valence-corrected chi connectivity index (χ4v) is 2.06. The van der Waals surface area contributed by atoms with Crippen LogP contribution in [0.1, 0.15) is 97.3 Å². The van der Waals surface area contributed by atoms with Crippen molar-refractivity contribution in [1.82, 2.24) is 0 Å². The van der Waals surface area contributed by atoms with E-state index >= 15 is 0 Å². The Morgan fingerprint density at radius 2 is 1.30 bits per heavy atom. The van der Waals surface area contributed by atoms with E-state index in [2.05, 4.69) is 18.2 Å². The third-order valence-corrected chi connectivity index (χ3v) is 3.44. The van der Waals surface area contributed by atoms with Gasteiger partial charge < -0.3 is 9.84 Å². The maximum Gasteiger partial charge on any atom is 0.310 e. The molecule has 0 atom stereocenters. The van der Waals surface area contributed by atoms with E-state index in [0.29, 0.717) is 12.8 Å². The Balaban J connectivity index is 0. The molecule has 0 aliphatic carbocycles. The average Bonchev–Trinajstić information content (AvgIpc) is 2.52. The van der Waals surface area contributed by atoms with E-state index in [4.69, 9.17) is 5.11 Å². The molecule has 0 aliphatic rings. The van der Waals surface area contributed by atoms with Gasteiger partial charge in [0.25, 0.3) is 0 Å². The molecule has 1 N–H and O–H groups in total. The molecule has 0 aliphatic heterocycles. The van der Waals surface area contributed by atoms with Crippen LogP contribution in [0.3, 0.4) is 0 Å². The molecule has 0 aromatic rings. The molecule has 0 aromatic heterocycles. The minimum atomic E-state index is -0.693. The molecule has 136 valence electrons. The van der Waals surface area contributed by atoms with Crippen molar-refractivity contribution in [2.24, 2.45) is 0 Å². The summed E-state index contributed by atoms with van der Waals surface area (Å²) in [5, 5.41) is 8.04. The van der Waals surface area contributed by atoms with Gasteiger partial charge in [-0.3, -0.25) is 9.59 Å². The van der Waals surface area contributed by atoms with Crippen LogP contribution in [0.2, 0.25) is 0 Å². The van der Waals surface area contributed by atoms with Crippen molar-refractivity contribution in [3.05, 3.63) is 12.8 Å². The lowest BCUT2D eigenvalue weighted by molar-refractivity contribution is -0.138. The quantitative estimate of drug-likeness (QED) is 0.246. The van der Waals surface area contributed by atoms with Gasteiger partial charge in [-0.25, -0.2) is 0 Å². The van der Waals surface area contributed by atoms with E-state index in [9.17, 15) is 9.59 Å². The van der Waals surface area contributed by atoms with Gasteiger partial charge in [0.15, 0.2) is 0 Å². The molecule has 0 fully saturated rings. The number of carbonyl (C=O) groups excluding carboxylic acids is 1. The van der Waals surface area contributed by atoms with E-state index in [0.717, 1.165) is 25.7 Å². The highest BCUT2D eigenvalue weighted by atomic mass is 16.5. The third kappa shape index (κ3) is 25.9. The SMILES string of the molecule is C=COC(=O)CCCCCCCCCCC.CCCCC(=O)O. The molecule has 0 unspecified atom stereocenters. The van der Waals surface area contributed by atoms with Crippen molar-refractivity contribution in [1.29, 1.82) is 0 Å². The van der Waals surface area contributed by atoms with Gasteiger partial charge >= 0.3 is 11.9 Å². The van der Waals surface area contributed by atoms with Crippen LogP contribution in [0.25, 0.3) is 0 Å². The molecule has 4 heteroatoms. The first kappa shape index (κ1) is 23.9. The van der Waals surface area contributed by atoms with E-state index in [-0.39, 0.29) is 5.97 Å². The summed E-state index contributed by atoms with van der Waals surface area (Å²) in [7, 11) is 0. The van der Waals surface area contributed by atoms with Crippen LogP contribution >= 0.6 is 0 Å². The first-order valence-electron chi connectivity index (χ1n) is 9.10. The normalized spacial score (nSPS) is 9.65. The zero-order valence-electron chi connectivity index (χ0n) is 15.1. The molecular formula is C19H36O4. The molecule has 0 saturated carbocycles. The van der Waals surface area contributed by atoms with E-state index in [1.54, 1.807) is 0 Å². The lowest BCUT2D eigenvalue weighted by Crippen LogP contribution is -1.98. The first-order chi connectivity index (χ1) is 11.1. The Bertz CT molecular complexity index is 287. The Kier molecular flexibility index (Phi) is 21.5. The predicted octanol–water partition coefficient (Wildman–Crippen LogP) is 5.86. The molecule has 0 amide bonds. The van der Waals surface area contributed by atoms with E-state index < -0.39 is 5.97 Å². The van der Waals surface area contributed by atoms with Crippen LogP contribution in [-0.4, -0.2) is 17.0 Å². The van der Waals surface area contributed by atoms with Gasteiger partial charge in [0.1, 0.15) is 0 Å². The van der Waals surface area contributed by atoms with Gasteiger partial charge in [-0.05, 0) is 12.8 Å². The minimum Gasteiger partial charge on any atom is -0.481 e. The monoisotopic (exact) mass is 328 g/mol. The topological polar surface area (TPSA) is 63.6 Å². The highest BCUT2D eigenvalue weighted by molar-refractivity contribution is 5.69. The second-order valence-electron chi connectivity index (χ2n) is 5.73. The lowest BCUT2D eigenvalue weighted by Gasteiger charge is -2.01. The summed E-state index contributed by atoms with van der Waals surface area (Å²) in [6, 6.07) is 0.